The smallest absolute Gasteiger partial charge is 0.246 e. The Hall–Kier alpha value is -0.800. The van der Waals surface area contributed by atoms with Gasteiger partial charge in [0.2, 0.25) is 10.0 Å². The van der Waals surface area contributed by atoms with Gasteiger partial charge in [0, 0.05) is 45.3 Å². The molecule has 0 spiro atoms. The van der Waals surface area contributed by atoms with Crippen LogP contribution in [0.3, 0.4) is 0 Å². The Kier molecular flexibility index (Phi) is 5.96. The van der Waals surface area contributed by atoms with Gasteiger partial charge < -0.3 is 5.32 Å². The van der Waals surface area contributed by atoms with Crippen LogP contribution in [-0.2, 0) is 10.0 Å². The molecule has 2 heterocycles. The second-order valence-corrected chi connectivity index (χ2v) is 7.55. The molecule has 2 aliphatic heterocycles. The van der Waals surface area contributed by atoms with Crippen LogP contribution in [0.15, 0.2) is 23.1 Å². The lowest BCUT2D eigenvalue weighted by atomic mass is 10.2. The summed E-state index contributed by atoms with van der Waals surface area (Å²) in [6, 6.07) is 3.40. The van der Waals surface area contributed by atoms with E-state index in [0.717, 1.165) is 44.7 Å². The predicted molar refractivity (Wildman–Crippen MR) is 85.2 cm³/mol. The van der Waals surface area contributed by atoms with Gasteiger partial charge in [-0.3, -0.25) is 4.90 Å². The van der Waals surface area contributed by atoms with E-state index in [1.54, 1.807) is 0 Å². The van der Waals surface area contributed by atoms with E-state index in [-0.39, 0.29) is 18.4 Å². The number of nitrogens with zero attached hydrogens (tertiary/aromatic N) is 2. The molecule has 0 aliphatic carbocycles. The van der Waals surface area contributed by atoms with E-state index in [4.69, 9.17) is 0 Å². The van der Waals surface area contributed by atoms with Crippen molar-refractivity contribution in [3.8, 4) is 0 Å². The summed E-state index contributed by atoms with van der Waals surface area (Å²) in [5.74, 6) is -2.44. The van der Waals surface area contributed by atoms with Gasteiger partial charge >= 0.3 is 0 Å². The molecule has 2 fully saturated rings. The van der Waals surface area contributed by atoms with Crippen molar-refractivity contribution in [1.82, 2.24) is 14.5 Å². The van der Waals surface area contributed by atoms with Crippen molar-refractivity contribution in [2.24, 2.45) is 0 Å². The Bertz CT molecular complexity index is 653. The largest absolute Gasteiger partial charge is 0.314 e. The van der Waals surface area contributed by atoms with Crippen molar-refractivity contribution < 1.29 is 17.2 Å². The zero-order valence-electron chi connectivity index (χ0n) is 12.5. The monoisotopic (exact) mass is 367 g/mol. The van der Waals surface area contributed by atoms with Crippen molar-refractivity contribution in [1.29, 1.82) is 0 Å². The summed E-state index contributed by atoms with van der Waals surface area (Å²) in [7, 11) is -3.99. The zero-order chi connectivity index (χ0) is 15.7. The highest BCUT2D eigenvalue weighted by Gasteiger charge is 2.37. The van der Waals surface area contributed by atoms with Crippen LogP contribution in [0.4, 0.5) is 8.78 Å². The molecular formula is C14H20ClF2N3O2S. The minimum atomic E-state index is -3.99. The summed E-state index contributed by atoms with van der Waals surface area (Å²) >= 11 is 0. The van der Waals surface area contributed by atoms with Gasteiger partial charge in [0.1, 0.15) is 4.90 Å². The molecular weight excluding hydrogens is 348 g/mol. The number of nitrogens with one attached hydrogen (secondary N) is 1. The summed E-state index contributed by atoms with van der Waals surface area (Å²) < 4.78 is 53.4. The van der Waals surface area contributed by atoms with Gasteiger partial charge in [0.15, 0.2) is 11.6 Å². The summed E-state index contributed by atoms with van der Waals surface area (Å²) in [6.07, 6.45) is 0.718. The van der Waals surface area contributed by atoms with Crippen molar-refractivity contribution >= 4 is 22.4 Å². The van der Waals surface area contributed by atoms with E-state index in [9.17, 15) is 17.2 Å². The van der Waals surface area contributed by atoms with Crippen LogP contribution in [0.1, 0.15) is 6.42 Å². The fourth-order valence-electron chi connectivity index (χ4n) is 3.10. The minimum Gasteiger partial charge on any atom is -0.314 e. The van der Waals surface area contributed by atoms with Crippen LogP contribution in [0.25, 0.3) is 0 Å². The highest BCUT2D eigenvalue weighted by atomic mass is 35.5. The SMILES string of the molecule is Cl.O=S(=O)(c1cccc(F)c1F)N1CCC(N2CCNCC2)C1. The molecule has 130 valence electrons. The van der Waals surface area contributed by atoms with Gasteiger partial charge in [-0.25, -0.2) is 17.2 Å². The predicted octanol–water partition coefficient (Wildman–Crippen LogP) is 1.05. The number of benzene rings is 1. The van der Waals surface area contributed by atoms with Crippen molar-refractivity contribution in [2.45, 2.75) is 17.4 Å². The molecule has 1 aromatic rings. The molecule has 3 rings (SSSR count). The average Bonchev–Trinajstić information content (AvgIpc) is 3.01. The average molecular weight is 368 g/mol. The second kappa shape index (κ2) is 7.40. The van der Waals surface area contributed by atoms with Crippen LogP contribution >= 0.6 is 12.4 Å². The number of rotatable bonds is 3. The molecule has 5 nitrogen and oxygen atoms in total. The lowest BCUT2D eigenvalue weighted by Gasteiger charge is -2.32. The summed E-state index contributed by atoms with van der Waals surface area (Å²) in [4.78, 5) is 1.68. The number of piperazine rings is 1. The van der Waals surface area contributed by atoms with Crippen LogP contribution in [0.5, 0.6) is 0 Å². The van der Waals surface area contributed by atoms with Gasteiger partial charge in [0.05, 0.1) is 0 Å². The van der Waals surface area contributed by atoms with Crippen LogP contribution in [-0.4, -0.2) is 62.9 Å². The molecule has 23 heavy (non-hydrogen) atoms. The highest BCUT2D eigenvalue weighted by Crippen LogP contribution is 2.26. The van der Waals surface area contributed by atoms with E-state index in [2.05, 4.69) is 10.2 Å². The fraction of sp³-hybridized carbons (Fsp3) is 0.571. The Balaban J connectivity index is 0.00000192. The first-order valence-corrected chi connectivity index (χ1v) is 8.83. The van der Waals surface area contributed by atoms with Crippen LogP contribution in [0.2, 0.25) is 0 Å². The van der Waals surface area contributed by atoms with E-state index in [1.807, 2.05) is 0 Å². The molecule has 0 radical (unpaired) electrons. The number of hydrogen-bond acceptors (Lipinski definition) is 4. The standard InChI is InChI=1S/C14H19F2N3O2S.ClH/c15-12-2-1-3-13(14(12)16)22(20,21)19-7-4-11(10-19)18-8-5-17-6-9-18;/h1-3,11,17H,4-10H2;1H. The minimum absolute atomic E-state index is 0. The third-order valence-corrected chi connectivity index (χ3v) is 6.21. The highest BCUT2D eigenvalue weighted by molar-refractivity contribution is 7.89. The summed E-state index contributed by atoms with van der Waals surface area (Å²) in [6.45, 7) is 4.22. The third-order valence-electron chi connectivity index (χ3n) is 4.33. The lowest BCUT2D eigenvalue weighted by molar-refractivity contribution is 0.179. The number of hydrogen-bond donors (Lipinski definition) is 1. The Labute approximate surface area is 141 Å². The molecule has 0 amide bonds. The molecule has 2 aliphatic rings. The van der Waals surface area contributed by atoms with Gasteiger partial charge in [-0.05, 0) is 18.6 Å². The molecule has 1 unspecified atom stereocenters. The molecule has 1 aromatic carbocycles. The molecule has 0 saturated carbocycles. The van der Waals surface area contributed by atoms with Crippen molar-refractivity contribution in [3.63, 3.8) is 0 Å². The van der Waals surface area contributed by atoms with Crippen LogP contribution < -0.4 is 5.32 Å². The lowest BCUT2D eigenvalue weighted by Crippen LogP contribution is -2.49. The van der Waals surface area contributed by atoms with Gasteiger partial charge in [-0.15, -0.1) is 12.4 Å². The maximum Gasteiger partial charge on any atom is 0.246 e. The quantitative estimate of drug-likeness (QED) is 0.868. The van der Waals surface area contributed by atoms with Gasteiger partial charge in [0.25, 0.3) is 0 Å². The summed E-state index contributed by atoms with van der Waals surface area (Å²) in [5, 5.41) is 3.25. The molecule has 9 heteroatoms. The first-order chi connectivity index (χ1) is 10.5. The van der Waals surface area contributed by atoms with E-state index in [0.29, 0.717) is 13.1 Å². The molecule has 0 aromatic heterocycles. The van der Waals surface area contributed by atoms with Gasteiger partial charge in [-0.2, -0.15) is 4.31 Å². The second-order valence-electron chi connectivity index (χ2n) is 5.64. The van der Waals surface area contributed by atoms with E-state index >= 15 is 0 Å². The van der Waals surface area contributed by atoms with Crippen molar-refractivity contribution in [2.75, 3.05) is 39.3 Å². The topological polar surface area (TPSA) is 52.7 Å². The summed E-state index contributed by atoms with van der Waals surface area (Å²) in [5.41, 5.74) is 0. The Morgan fingerprint density at radius 1 is 1.13 bits per heavy atom. The first kappa shape index (κ1) is 18.5. The number of sulfonamides is 1. The Morgan fingerprint density at radius 2 is 1.83 bits per heavy atom. The first-order valence-electron chi connectivity index (χ1n) is 7.39. The van der Waals surface area contributed by atoms with Gasteiger partial charge in [-0.1, -0.05) is 6.07 Å². The number of halogens is 3. The maximum absolute atomic E-state index is 13.8. The van der Waals surface area contributed by atoms with Crippen molar-refractivity contribution in [3.05, 3.63) is 29.8 Å². The normalized spacial score (nSPS) is 23.7. The fourth-order valence-corrected chi connectivity index (χ4v) is 4.66. The third kappa shape index (κ3) is 3.66. The molecule has 1 N–H and O–H groups in total. The maximum atomic E-state index is 13.8. The van der Waals surface area contributed by atoms with E-state index < -0.39 is 26.6 Å². The molecule has 0 bridgehead atoms. The zero-order valence-corrected chi connectivity index (χ0v) is 14.2. The Morgan fingerprint density at radius 3 is 2.52 bits per heavy atom. The molecule has 2 saturated heterocycles. The van der Waals surface area contributed by atoms with Crippen LogP contribution in [0, 0.1) is 11.6 Å². The molecule has 1 atom stereocenters. The van der Waals surface area contributed by atoms with E-state index in [1.165, 1.54) is 10.4 Å².